The van der Waals surface area contributed by atoms with E-state index in [-0.39, 0.29) is 0 Å². The van der Waals surface area contributed by atoms with Gasteiger partial charge in [-0.15, -0.1) is 11.3 Å². The first-order valence-corrected chi connectivity index (χ1v) is 8.76. The summed E-state index contributed by atoms with van der Waals surface area (Å²) in [5, 5.41) is 4.84. The molecule has 2 saturated heterocycles. The van der Waals surface area contributed by atoms with Gasteiger partial charge in [-0.05, 0) is 32.1 Å². The smallest absolute Gasteiger partial charge is 0.186 e. The molecule has 1 N–H and O–H groups in total. The molecule has 0 amide bonds. The predicted molar refractivity (Wildman–Crippen MR) is 81.5 cm³/mol. The van der Waals surface area contributed by atoms with Gasteiger partial charge >= 0.3 is 0 Å². The van der Waals surface area contributed by atoms with E-state index in [1.165, 1.54) is 41.4 Å². The number of thiazole rings is 1. The molecule has 4 nitrogen and oxygen atoms in total. The molecule has 0 radical (unpaired) electrons. The number of anilines is 1. The zero-order valence-corrected chi connectivity index (χ0v) is 12.9. The van der Waals surface area contributed by atoms with E-state index < -0.39 is 0 Å². The zero-order chi connectivity index (χ0) is 13.5. The third-order valence-corrected chi connectivity index (χ3v) is 5.70. The Morgan fingerprint density at radius 2 is 2.00 bits per heavy atom. The molecule has 110 valence electrons. The summed E-state index contributed by atoms with van der Waals surface area (Å²) < 4.78 is 5.92. The van der Waals surface area contributed by atoms with Crippen LogP contribution >= 0.6 is 11.3 Å². The van der Waals surface area contributed by atoms with Crippen LogP contribution in [0.2, 0.25) is 0 Å². The van der Waals surface area contributed by atoms with Crippen molar-refractivity contribution in [1.29, 1.82) is 0 Å². The Morgan fingerprint density at radius 3 is 2.65 bits per heavy atom. The molecule has 1 aromatic rings. The average molecular weight is 293 g/mol. The Hall–Kier alpha value is -0.650. The van der Waals surface area contributed by atoms with E-state index in [9.17, 15) is 0 Å². The Kier molecular flexibility index (Phi) is 3.44. The summed E-state index contributed by atoms with van der Waals surface area (Å²) in [6.45, 7) is 5.27. The predicted octanol–water partition coefficient (Wildman–Crippen LogP) is 2.33. The molecule has 2 aliphatic heterocycles. The van der Waals surface area contributed by atoms with Crippen LogP contribution < -0.4 is 10.2 Å². The molecular weight excluding hydrogens is 270 g/mol. The molecule has 1 saturated carbocycles. The quantitative estimate of drug-likeness (QED) is 0.904. The standard InChI is InChI=1S/C15H23N3OS/c1-2-13-14(7-16-10-3-4-10)20-15(17-13)18-8-11-5-6-12(9-18)19-11/h10-12,16H,2-9H2,1H3. The van der Waals surface area contributed by atoms with Crippen LogP contribution in [0.4, 0.5) is 5.13 Å². The summed E-state index contributed by atoms with van der Waals surface area (Å²) in [5.41, 5.74) is 1.29. The van der Waals surface area contributed by atoms with Crippen molar-refractivity contribution in [2.75, 3.05) is 18.0 Å². The fourth-order valence-electron chi connectivity index (χ4n) is 3.21. The van der Waals surface area contributed by atoms with E-state index in [2.05, 4.69) is 17.1 Å². The number of hydrogen-bond acceptors (Lipinski definition) is 5. The Balaban J connectivity index is 1.49. The summed E-state index contributed by atoms with van der Waals surface area (Å²) in [5.74, 6) is 0. The lowest BCUT2D eigenvalue weighted by molar-refractivity contribution is 0.0305. The van der Waals surface area contributed by atoms with Gasteiger partial charge in [0.2, 0.25) is 0 Å². The highest BCUT2D eigenvalue weighted by Crippen LogP contribution is 2.33. The van der Waals surface area contributed by atoms with E-state index in [0.717, 1.165) is 32.1 Å². The molecule has 3 heterocycles. The second kappa shape index (κ2) is 5.28. The number of morpholine rings is 1. The van der Waals surface area contributed by atoms with Crippen molar-refractivity contribution >= 4 is 16.5 Å². The number of fused-ring (bicyclic) bond motifs is 2. The van der Waals surface area contributed by atoms with Crippen molar-refractivity contribution in [1.82, 2.24) is 10.3 Å². The molecule has 1 aromatic heterocycles. The maximum absolute atomic E-state index is 5.92. The van der Waals surface area contributed by atoms with Crippen LogP contribution in [0.25, 0.3) is 0 Å². The molecule has 0 spiro atoms. The first-order valence-electron chi connectivity index (χ1n) is 7.94. The van der Waals surface area contributed by atoms with Crippen LogP contribution in [-0.2, 0) is 17.7 Å². The van der Waals surface area contributed by atoms with Crippen molar-refractivity contribution in [3.8, 4) is 0 Å². The summed E-state index contributed by atoms with van der Waals surface area (Å²) in [6, 6.07) is 0.768. The maximum Gasteiger partial charge on any atom is 0.186 e. The lowest BCUT2D eigenvalue weighted by Crippen LogP contribution is -2.42. The maximum atomic E-state index is 5.92. The second-order valence-corrected chi connectivity index (χ2v) is 7.30. The number of ether oxygens (including phenoxy) is 1. The van der Waals surface area contributed by atoms with E-state index >= 15 is 0 Å². The second-order valence-electron chi connectivity index (χ2n) is 6.24. The average Bonchev–Trinajstić information content (AvgIpc) is 3.11. The third kappa shape index (κ3) is 2.59. The fourth-order valence-corrected chi connectivity index (χ4v) is 4.33. The van der Waals surface area contributed by atoms with Crippen LogP contribution in [0.5, 0.6) is 0 Å². The van der Waals surface area contributed by atoms with Crippen molar-refractivity contribution in [2.45, 2.75) is 63.8 Å². The Labute approximate surface area is 124 Å². The molecular formula is C15H23N3OS. The Morgan fingerprint density at radius 1 is 1.25 bits per heavy atom. The molecule has 2 bridgehead atoms. The lowest BCUT2D eigenvalue weighted by Gasteiger charge is -2.31. The molecule has 3 fully saturated rings. The van der Waals surface area contributed by atoms with Gasteiger partial charge in [0.05, 0.1) is 17.9 Å². The van der Waals surface area contributed by atoms with Gasteiger partial charge < -0.3 is 15.0 Å². The fraction of sp³-hybridized carbons (Fsp3) is 0.800. The molecule has 1 aliphatic carbocycles. The first-order chi connectivity index (χ1) is 9.81. The summed E-state index contributed by atoms with van der Waals surface area (Å²) in [6.07, 6.45) is 7.06. The van der Waals surface area contributed by atoms with Crippen LogP contribution in [0, 0.1) is 0 Å². The van der Waals surface area contributed by atoms with Gasteiger partial charge in [-0.1, -0.05) is 6.92 Å². The number of nitrogens with zero attached hydrogens (tertiary/aromatic N) is 2. The molecule has 3 aliphatic rings. The normalized spacial score (nSPS) is 29.1. The minimum Gasteiger partial charge on any atom is -0.371 e. The van der Waals surface area contributed by atoms with Crippen LogP contribution in [0.1, 0.15) is 43.2 Å². The highest BCUT2D eigenvalue weighted by molar-refractivity contribution is 7.15. The number of nitrogens with one attached hydrogen (secondary N) is 1. The number of aromatic nitrogens is 1. The monoisotopic (exact) mass is 293 g/mol. The highest BCUT2D eigenvalue weighted by atomic mass is 32.1. The topological polar surface area (TPSA) is 37.4 Å². The number of rotatable bonds is 5. The van der Waals surface area contributed by atoms with Gasteiger partial charge in [0.1, 0.15) is 0 Å². The van der Waals surface area contributed by atoms with E-state index in [1.807, 2.05) is 11.3 Å². The first kappa shape index (κ1) is 13.0. The third-order valence-electron chi connectivity index (χ3n) is 4.54. The van der Waals surface area contributed by atoms with Gasteiger partial charge in [0.15, 0.2) is 5.13 Å². The molecule has 5 heteroatoms. The molecule has 2 atom stereocenters. The van der Waals surface area contributed by atoms with Gasteiger partial charge in [-0.25, -0.2) is 4.98 Å². The van der Waals surface area contributed by atoms with Gasteiger partial charge in [0, 0.05) is 30.6 Å². The summed E-state index contributed by atoms with van der Waals surface area (Å²) in [4.78, 5) is 8.79. The lowest BCUT2D eigenvalue weighted by atomic mass is 10.2. The number of aryl methyl sites for hydroxylation is 1. The Bertz CT molecular complexity index is 473. The van der Waals surface area contributed by atoms with Gasteiger partial charge in [-0.2, -0.15) is 0 Å². The molecule has 2 unspecified atom stereocenters. The molecule has 20 heavy (non-hydrogen) atoms. The minimum atomic E-state index is 0.441. The van der Waals surface area contributed by atoms with Crippen molar-refractivity contribution in [3.63, 3.8) is 0 Å². The SMILES string of the molecule is CCc1nc(N2CC3CCC(C2)O3)sc1CNC1CC1. The summed E-state index contributed by atoms with van der Waals surface area (Å²) >= 11 is 1.89. The largest absolute Gasteiger partial charge is 0.371 e. The molecule has 0 aromatic carbocycles. The number of hydrogen-bond donors (Lipinski definition) is 1. The van der Waals surface area contributed by atoms with Crippen LogP contribution in [0.3, 0.4) is 0 Å². The van der Waals surface area contributed by atoms with E-state index in [4.69, 9.17) is 9.72 Å². The summed E-state index contributed by atoms with van der Waals surface area (Å²) in [7, 11) is 0. The van der Waals surface area contributed by atoms with Crippen molar-refractivity contribution in [2.24, 2.45) is 0 Å². The van der Waals surface area contributed by atoms with Crippen molar-refractivity contribution < 1.29 is 4.74 Å². The van der Waals surface area contributed by atoms with Crippen molar-refractivity contribution in [3.05, 3.63) is 10.6 Å². The van der Waals surface area contributed by atoms with Crippen LogP contribution in [0.15, 0.2) is 0 Å². The highest BCUT2D eigenvalue weighted by Gasteiger charge is 2.35. The zero-order valence-electron chi connectivity index (χ0n) is 12.1. The van der Waals surface area contributed by atoms with Crippen LogP contribution in [-0.4, -0.2) is 36.3 Å². The van der Waals surface area contributed by atoms with E-state index in [1.54, 1.807) is 0 Å². The molecule has 4 rings (SSSR count). The van der Waals surface area contributed by atoms with Gasteiger partial charge in [-0.3, -0.25) is 0 Å². The minimum absolute atomic E-state index is 0.441. The van der Waals surface area contributed by atoms with Gasteiger partial charge in [0.25, 0.3) is 0 Å². The van der Waals surface area contributed by atoms with E-state index in [0.29, 0.717) is 12.2 Å².